The fourth-order valence-corrected chi connectivity index (χ4v) is 1.60. The maximum Gasteiger partial charge on any atom is 0.168 e. The van der Waals surface area contributed by atoms with Crippen molar-refractivity contribution >= 4 is 0 Å². The molecule has 6 heteroatoms. The first kappa shape index (κ1) is 11.5. The van der Waals surface area contributed by atoms with Crippen LogP contribution in [-0.4, -0.2) is 22.3 Å². The molecule has 1 aromatic heterocycles. The molecule has 0 aliphatic rings. The number of aromatic amines is 1. The van der Waals surface area contributed by atoms with Crippen molar-refractivity contribution in [2.75, 3.05) is 7.11 Å². The minimum Gasteiger partial charge on any atom is -0.494 e. The molecule has 1 aromatic carbocycles. The van der Waals surface area contributed by atoms with Gasteiger partial charge in [-0.3, -0.25) is 5.10 Å². The van der Waals surface area contributed by atoms with E-state index in [2.05, 4.69) is 15.2 Å². The Morgan fingerprint density at radius 3 is 3.00 bits per heavy atom. The monoisotopic (exact) mass is 236 g/mol. The maximum absolute atomic E-state index is 13.8. The van der Waals surface area contributed by atoms with Crippen molar-refractivity contribution in [1.29, 1.82) is 0 Å². The normalized spacial score (nSPS) is 12.4. The van der Waals surface area contributed by atoms with Crippen LogP contribution in [0.2, 0.25) is 0 Å². The molecular formula is C11H13FN4O. The molecule has 0 aliphatic carbocycles. The Morgan fingerprint density at radius 1 is 1.53 bits per heavy atom. The predicted octanol–water partition coefficient (Wildman–Crippen LogP) is 1.19. The van der Waals surface area contributed by atoms with Gasteiger partial charge in [-0.05, 0) is 18.1 Å². The number of nitrogens with one attached hydrogen (secondary N) is 1. The van der Waals surface area contributed by atoms with Gasteiger partial charge in [0.1, 0.15) is 12.2 Å². The summed E-state index contributed by atoms with van der Waals surface area (Å²) >= 11 is 0. The quantitative estimate of drug-likeness (QED) is 0.836. The minimum atomic E-state index is -0.417. The Labute approximate surface area is 97.8 Å². The summed E-state index contributed by atoms with van der Waals surface area (Å²) in [5, 5.41) is 6.37. The zero-order chi connectivity index (χ0) is 12.3. The molecule has 2 aromatic rings. The van der Waals surface area contributed by atoms with Gasteiger partial charge in [0, 0.05) is 0 Å². The zero-order valence-electron chi connectivity index (χ0n) is 9.35. The number of ether oxygens (including phenoxy) is 1. The summed E-state index contributed by atoms with van der Waals surface area (Å²) in [5.74, 6) is 0.365. The lowest BCUT2D eigenvalue weighted by atomic mass is 10.1. The van der Waals surface area contributed by atoms with Crippen LogP contribution in [0, 0.1) is 5.82 Å². The van der Waals surface area contributed by atoms with Crippen molar-refractivity contribution < 1.29 is 9.13 Å². The van der Waals surface area contributed by atoms with Gasteiger partial charge in [0.15, 0.2) is 11.6 Å². The molecule has 0 bridgehead atoms. The highest BCUT2D eigenvalue weighted by Crippen LogP contribution is 2.22. The van der Waals surface area contributed by atoms with Crippen LogP contribution in [0.1, 0.15) is 17.4 Å². The number of nitrogens with two attached hydrogens (primary N) is 1. The highest BCUT2D eigenvalue weighted by atomic mass is 19.1. The summed E-state index contributed by atoms with van der Waals surface area (Å²) in [4.78, 5) is 3.94. The van der Waals surface area contributed by atoms with E-state index in [0.29, 0.717) is 17.8 Å². The van der Waals surface area contributed by atoms with Gasteiger partial charge in [-0.1, -0.05) is 12.1 Å². The van der Waals surface area contributed by atoms with Crippen LogP contribution in [0.25, 0.3) is 0 Å². The van der Waals surface area contributed by atoms with Crippen LogP contribution in [0.3, 0.4) is 0 Å². The molecule has 0 spiro atoms. The predicted molar refractivity (Wildman–Crippen MR) is 60.0 cm³/mol. The SMILES string of the molecule is COc1cccc(CC(N)c2ncn[nH]2)c1F. The standard InChI is InChI=1S/C11H13FN4O/c1-17-9-4-2-3-7(10(9)12)5-8(13)11-14-6-15-16-11/h2-4,6,8H,5,13H2,1H3,(H,14,15,16). The van der Waals surface area contributed by atoms with Gasteiger partial charge in [0.05, 0.1) is 13.2 Å². The van der Waals surface area contributed by atoms with E-state index in [1.165, 1.54) is 13.4 Å². The van der Waals surface area contributed by atoms with Gasteiger partial charge < -0.3 is 10.5 Å². The van der Waals surface area contributed by atoms with E-state index in [0.717, 1.165) is 0 Å². The van der Waals surface area contributed by atoms with Gasteiger partial charge >= 0.3 is 0 Å². The van der Waals surface area contributed by atoms with Crippen LogP contribution >= 0.6 is 0 Å². The van der Waals surface area contributed by atoms with Crippen LogP contribution < -0.4 is 10.5 Å². The molecule has 1 heterocycles. The van der Waals surface area contributed by atoms with Gasteiger partial charge in [0.2, 0.25) is 0 Å². The Bertz CT molecular complexity index is 486. The fourth-order valence-electron chi connectivity index (χ4n) is 1.60. The molecule has 0 saturated heterocycles. The lowest BCUT2D eigenvalue weighted by molar-refractivity contribution is 0.383. The summed E-state index contributed by atoms with van der Waals surface area (Å²) in [6.07, 6.45) is 1.70. The number of halogens is 1. The Morgan fingerprint density at radius 2 is 2.35 bits per heavy atom. The molecule has 0 amide bonds. The molecule has 2 rings (SSSR count). The van der Waals surface area contributed by atoms with Crippen molar-refractivity contribution in [3.05, 3.63) is 41.7 Å². The second-order valence-electron chi connectivity index (χ2n) is 3.61. The van der Waals surface area contributed by atoms with Gasteiger partial charge in [0.25, 0.3) is 0 Å². The van der Waals surface area contributed by atoms with Crippen LogP contribution in [0.4, 0.5) is 4.39 Å². The molecule has 3 N–H and O–H groups in total. The van der Waals surface area contributed by atoms with Crippen molar-refractivity contribution in [1.82, 2.24) is 15.2 Å². The molecule has 1 unspecified atom stereocenters. The van der Waals surface area contributed by atoms with Crippen LogP contribution in [0.5, 0.6) is 5.75 Å². The second kappa shape index (κ2) is 4.92. The van der Waals surface area contributed by atoms with Crippen molar-refractivity contribution in [2.45, 2.75) is 12.5 Å². The smallest absolute Gasteiger partial charge is 0.168 e. The third-order valence-corrected chi connectivity index (χ3v) is 2.49. The van der Waals surface area contributed by atoms with Crippen molar-refractivity contribution in [3.8, 4) is 5.75 Å². The Balaban J connectivity index is 2.19. The lowest BCUT2D eigenvalue weighted by Gasteiger charge is -2.11. The van der Waals surface area contributed by atoms with Crippen molar-refractivity contribution in [3.63, 3.8) is 0 Å². The number of hydrogen-bond acceptors (Lipinski definition) is 4. The summed E-state index contributed by atoms with van der Waals surface area (Å²) in [6, 6.07) is 4.55. The number of methoxy groups -OCH3 is 1. The molecule has 90 valence electrons. The van der Waals surface area contributed by atoms with E-state index in [1.807, 2.05) is 0 Å². The summed E-state index contributed by atoms with van der Waals surface area (Å²) in [6.45, 7) is 0. The first-order valence-corrected chi connectivity index (χ1v) is 5.14. The lowest BCUT2D eigenvalue weighted by Crippen LogP contribution is -2.16. The highest BCUT2D eigenvalue weighted by molar-refractivity contribution is 5.31. The first-order valence-electron chi connectivity index (χ1n) is 5.14. The average Bonchev–Trinajstić information content (AvgIpc) is 2.85. The van der Waals surface area contributed by atoms with E-state index in [9.17, 15) is 4.39 Å². The highest BCUT2D eigenvalue weighted by Gasteiger charge is 2.14. The molecular weight excluding hydrogens is 223 g/mol. The van der Waals surface area contributed by atoms with E-state index < -0.39 is 6.04 Å². The number of hydrogen-bond donors (Lipinski definition) is 2. The van der Waals surface area contributed by atoms with E-state index in [-0.39, 0.29) is 11.6 Å². The maximum atomic E-state index is 13.8. The number of H-pyrrole nitrogens is 1. The van der Waals surface area contributed by atoms with Crippen molar-refractivity contribution in [2.24, 2.45) is 5.73 Å². The van der Waals surface area contributed by atoms with E-state index >= 15 is 0 Å². The second-order valence-corrected chi connectivity index (χ2v) is 3.61. The van der Waals surface area contributed by atoms with E-state index in [4.69, 9.17) is 10.5 Å². The molecule has 0 fully saturated rings. The molecule has 0 saturated carbocycles. The van der Waals surface area contributed by atoms with Gasteiger partial charge in [-0.25, -0.2) is 9.37 Å². The zero-order valence-corrected chi connectivity index (χ0v) is 9.35. The minimum absolute atomic E-state index is 0.215. The number of rotatable bonds is 4. The molecule has 0 aliphatic heterocycles. The third kappa shape index (κ3) is 2.42. The fraction of sp³-hybridized carbons (Fsp3) is 0.273. The van der Waals surface area contributed by atoms with Crippen LogP contribution in [0.15, 0.2) is 24.5 Å². The average molecular weight is 236 g/mol. The molecule has 1 atom stereocenters. The summed E-state index contributed by atoms with van der Waals surface area (Å²) in [5.41, 5.74) is 6.38. The van der Waals surface area contributed by atoms with E-state index in [1.54, 1.807) is 18.2 Å². The Kier molecular flexibility index (Phi) is 3.34. The number of benzene rings is 1. The third-order valence-electron chi connectivity index (χ3n) is 2.49. The topological polar surface area (TPSA) is 76.8 Å². The number of nitrogens with zero attached hydrogens (tertiary/aromatic N) is 2. The van der Waals surface area contributed by atoms with Gasteiger partial charge in [-0.15, -0.1) is 0 Å². The molecule has 17 heavy (non-hydrogen) atoms. The largest absolute Gasteiger partial charge is 0.494 e. The van der Waals surface area contributed by atoms with Gasteiger partial charge in [-0.2, -0.15) is 5.10 Å². The molecule has 0 radical (unpaired) electrons. The summed E-state index contributed by atoms with van der Waals surface area (Å²) < 4.78 is 18.8. The summed E-state index contributed by atoms with van der Waals surface area (Å²) in [7, 11) is 1.43. The molecule has 5 nitrogen and oxygen atoms in total. The first-order chi connectivity index (χ1) is 8.22. The number of aromatic nitrogens is 3. The Hall–Kier alpha value is -1.95. The van der Waals surface area contributed by atoms with Crippen LogP contribution in [-0.2, 0) is 6.42 Å².